The Morgan fingerprint density at radius 2 is 1.95 bits per heavy atom. The molecule has 0 aliphatic rings. The van der Waals surface area contributed by atoms with Crippen LogP contribution >= 0.6 is 0 Å². The molecule has 2 aromatic rings. The number of hydrogen-bond donors (Lipinski definition) is 1. The fourth-order valence-corrected chi connectivity index (χ4v) is 1.77. The van der Waals surface area contributed by atoms with Crippen LogP contribution in [0.1, 0.15) is 17.1 Å². The van der Waals surface area contributed by atoms with E-state index in [1.807, 2.05) is 43.3 Å². The van der Waals surface area contributed by atoms with Crippen molar-refractivity contribution < 1.29 is 13.9 Å². The van der Waals surface area contributed by atoms with E-state index in [1.165, 1.54) is 0 Å². The van der Waals surface area contributed by atoms with Gasteiger partial charge in [0.25, 0.3) is 0 Å². The minimum absolute atomic E-state index is 0.443. The van der Waals surface area contributed by atoms with Gasteiger partial charge in [0.2, 0.25) is 0 Å². The van der Waals surface area contributed by atoms with Crippen LogP contribution < -0.4 is 10.5 Å². The van der Waals surface area contributed by atoms with E-state index in [9.17, 15) is 0 Å². The van der Waals surface area contributed by atoms with Crippen LogP contribution in [0.4, 0.5) is 0 Å². The Bertz CT molecular complexity index is 493. The Morgan fingerprint density at radius 3 is 2.63 bits per heavy atom. The van der Waals surface area contributed by atoms with Gasteiger partial charge in [0.15, 0.2) is 0 Å². The molecular formula is C15H19NO3. The molecule has 0 bridgehead atoms. The molecule has 0 fully saturated rings. The third-order valence-corrected chi connectivity index (χ3v) is 2.78. The maximum absolute atomic E-state index is 5.58. The molecule has 0 radical (unpaired) electrons. The predicted molar refractivity (Wildman–Crippen MR) is 72.9 cm³/mol. The van der Waals surface area contributed by atoms with Crippen LogP contribution in [0.5, 0.6) is 5.75 Å². The van der Waals surface area contributed by atoms with Crippen molar-refractivity contribution in [2.75, 3.05) is 13.2 Å². The lowest BCUT2D eigenvalue weighted by Gasteiger charge is -2.05. The molecule has 0 amide bonds. The molecule has 4 nitrogen and oxygen atoms in total. The van der Waals surface area contributed by atoms with Crippen molar-refractivity contribution >= 4 is 0 Å². The van der Waals surface area contributed by atoms with Gasteiger partial charge in [0.05, 0.1) is 6.61 Å². The Balaban J connectivity index is 1.66. The van der Waals surface area contributed by atoms with Gasteiger partial charge in [0.1, 0.15) is 30.5 Å². The summed E-state index contributed by atoms with van der Waals surface area (Å²) in [6.07, 6.45) is 0. The molecule has 1 aromatic heterocycles. The van der Waals surface area contributed by atoms with Crippen molar-refractivity contribution in [2.24, 2.45) is 5.73 Å². The van der Waals surface area contributed by atoms with Crippen molar-refractivity contribution in [3.8, 4) is 5.75 Å². The maximum Gasteiger partial charge on any atom is 0.130 e. The average Bonchev–Trinajstić information content (AvgIpc) is 2.80. The molecule has 19 heavy (non-hydrogen) atoms. The molecule has 1 heterocycles. The fraction of sp³-hybridized carbons (Fsp3) is 0.333. The molecule has 0 aliphatic carbocycles. The van der Waals surface area contributed by atoms with Crippen molar-refractivity contribution in [2.45, 2.75) is 20.1 Å². The topological polar surface area (TPSA) is 57.6 Å². The minimum Gasteiger partial charge on any atom is -0.491 e. The molecule has 2 rings (SSSR count). The number of furan rings is 1. The SMILES string of the molecule is Cc1oc(COCCOc2ccccc2)cc1CN. The number of rotatable bonds is 7. The number of ether oxygens (including phenoxy) is 2. The zero-order chi connectivity index (χ0) is 13.5. The molecular weight excluding hydrogens is 242 g/mol. The third kappa shape index (κ3) is 4.12. The molecule has 0 saturated heterocycles. The first kappa shape index (κ1) is 13.6. The highest BCUT2D eigenvalue weighted by atomic mass is 16.5. The van der Waals surface area contributed by atoms with E-state index in [-0.39, 0.29) is 0 Å². The number of nitrogens with two attached hydrogens (primary N) is 1. The molecule has 4 heteroatoms. The number of aryl methyl sites for hydroxylation is 1. The molecule has 0 atom stereocenters. The highest BCUT2D eigenvalue weighted by Crippen LogP contribution is 2.14. The van der Waals surface area contributed by atoms with Crippen molar-refractivity contribution in [3.63, 3.8) is 0 Å². The Morgan fingerprint density at radius 1 is 1.16 bits per heavy atom. The summed E-state index contributed by atoms with van der Waals surface area (Å²) in [6, 6.07) is 11.6. The largest absolute Gasteiger partial charge is 0.491 e. The van der Waals surface area contributed by atoms with E-state index in [4.69, 9.17) is 19.6 Å². The number of benzene rings is 1. The van der Waals surface area contributed by atoms with Gasteiger partial charge in [-0.25, -0.2) is 0 Å². The van der Waals surface area contributed by atoms with Gasteiger partial charge < -0.3 is 19.6 Å². The lowest BCUT2D eigenvalue weighted by Crippen LogP contribution is -2.06. The van der Waals surface area contributed by atoms with Gasteiger partial charge in [-0.2, -0.15) is 0 Å². The Labute approximate surface area is 113 Å². The third-order valence-electron chi connectivity index (χ3n) is 2.78. The van der Waals surface area contributed by atoms with E-state index in [1.54, 1.807) is 0 Å². The molecule has 0 unspecified atom stereocenters. The van der Waals surface area contributed by atoms with Crippen molar-refractivity contribution in [3.05, 3.63) is 53.5 Å². The lowest BCUT2D eigenvalue weighted by atomic mass is 10.2. The van der Waals surface area contributed by atoms with E-state index < -0.39 is 0 Å². The van der Waals surface area contributed by atoms with Gasteiger partial charge >= 0.3 is 0 Å². The average molecular weight is 261 g/mol. The molecule has 2 N–H and O–H groups in total. The van der Waals surface area contributed by atoms with Gasteiger partial charge in [0, 0.05) is 12.1 Å². The van der Waals surface area contributed by atoms with Crippen LogP contribution in [0.25, 0.3) is 0 Å². The first-order valence-corrected chi connectivity index (χ1v) is 6.33. The minimum atomic E-state index is 0.443. The number of hydrogen-bond acceptors (Lipinski definition) is 4. The summed E-state index contributed by atoms with van der Waals surface area (Å²) >= 11 is 0. The van der Waals surface area contributed by atoms with Crippen molar-refractivity contribution in [1.29, 1.82) is 0 Å². The van der Waals surface area contributed by atoms with Gasteiger partial charge in [-0.1, -0.05) is 18.2 Å². The fourth-order valence-electron chi connectivity index (χ4n) is 1.77. The maximum atomic E-state index is 5.58. The van der Waals surface area contributed by atoms with Crippen molar-refractivity contribution in [1.82, 2.24) is 0 Å². The summed E-state index contributed by atoms with van der Waals surface area (Å²) in [5, 5.41) is 0. The molecule has 102 valence electrons. The Hall–Kier alpha value is -1.78. The Kier molecular flexibility index (Phi) is 5.01. The lowest BCUT2D eigenvalue weighted by molar-refractivity contribution is 0.0777. The quantitative estimate of drug-likeness (QED) is 0.778. The van der Waals surface area contributed by atoms with Crippen LogP contribution in [0.2, 0.25) is 0 Å². The van der Waals surface area contributed by atoms with Gasteiger partial charge in [-0.3, -0.25) is 0 Å². The summed E-state index contributed by atoms with van der Waals surface area (Å²) in [6.45, 7) is 3.88. The predicted octanol–water partition coefficient (Wildman–Crippen LogP) is 2.64. The van der Waals surface area contributed by atoms with Crippen LogP contribution in [0.3, 0.4) is 0 Å². The van der Waals surface area contributed by atoms with Gasteiger partial charge in [-0.05, 0) is 25.1 Å². The number of para-hydroxylation sites is 1. The zero-order valence-corrected chi connectivity index (χ0v) is 11.1. The smallest absolute Gasteiger partial charge is 0.130 e. The van der Waals surface area contributed by atoms with Crippen LogP contribution in [-0.2, 0) is 17.9 Å². The summed E-state index contributed by atoms with van der Waals surface area (Å²) in [7, 11) is 0. The van der Waals surface area contributed by atoms with E-state index in [0.29, 0.717) is 26.4 Å². The molecule has 0 spiro atoms. The summed E-state index contributed by atoms with van der Waals surface area (Å²) in [4.78, 5) is 0. The van der Waals surface area contributed by atoms with E-state index in [0.717, 1.165) is 22.8 Å². The summed E-state index contributed by atoms with van der Waals surface area (Å²) in [5.74, 6) is 2.52. The first-order chi connectivity index (χ1) is 9.29. The second-order valence-electron chi connectivity index (χ2n) is 4.21. The summed E-state index contributed by atoms with van der Waals surface area (Å²) < 4.78 is 16.5. The standard InChI is InChI=1S/C15H19NO3/c1-12-13(10-16)9-15(19-12)11-17-7-8-18-14-5-3-2-4-6-14/h2-6,9H,7-8,10-11,16H2,1H3. The summed E-state index contributed by atoms with van der Waals surface area (Å²) in [5.41, 5.74) is 6.61. The molecule has 0 aliphatic heterocycles. The second-order valence-corrected chi connectivity index (χ2v) is 4.21. The molecule has 1 aromatic carbocycles. The zero-order valence-electron chi connectivity index (χ0n) is 11.1. The van der Waals surface area contributed by atoms with Crippen LogP contribution in [-0.4, -0.2) is 13.2 Å². The normalized spacial score (nSPS) is 10.6. The van der Waals surface area contributed by atoms with Crippen LogP contribution in [0.15, 0.2) is 40.8 Å². The van der Waals surface area contributed by atoms with E-state index in [2.05, 4.69) is 0 Å². The highest BCUT2D eigenvalue weighted by molar-refractivity contribution is 5.21. The second kappa shape index (κ2) is 6.97. The first-order valence-electron chi connectivity index (χ1n) is 6.33. The van der Waals surface area contributed by atoms with E-state index >= 15 is 0 Å². The molecule has 0 saturated carbocycles. The van der Waals surface area contributed by atoms with Gasteiger partial charge in [-0.15, -0.1) is 0 Å². The van der Waals surface area contributed by atoms with Crippen LogP contribution in [0, 0.1) is 6.92 Å². The highest BCUT2D eigenvalue weighted by Gasteiger charge is 2.05. The monoisotopic (exact) mass is 261 g/mol.